The molecule has 0 unspecified atom stereocenters. The first kappa shape index (κ1) is 35.4. The van der Waals surface area contributed by atoms with Crippen LogP contribution >= 0.6 is 22.9 Å². The van der Waals surface area contributed by atoms with Gasteiger partial charge in [-0.25, -0.2) is 14.6 Å². The summed E-state index contributed by atoms with van der Waals surface area (Å²) < 4.78 is 29.9. The van der Waals surface area contributed by atoms with Crippen LogP contribution in [0.1, 0.15) is 43.5 Å². The van der Waals surface area contributed by atoms with Crippen molar-refractivity contribution in [2.75, 3.05) is 26.9 Å². The van der Waals surface area contributed by atoms with Crippen molar-refractivity contribution < 1.29 is 33.3 Å². The van der Waals surface area contributed by atoms with E-state index in [0.717, 1.165) is 16.3 Å². The van der Waals surface area contributed by atoms with Gasteiger partial charge in [-0.1, -0.05) is 77.5 Å². The minimum absolute atomic E-state index is 0.134. The Morgan fingerprint density at radius 2 is 1.69 bits per heavy atom. The second-order valence-corrected chi connectivity index (χ2v) is 12.8. The average molecular weight is 727 g/mol. The Labute approximate surface area is 302 Å². The first-order valence-corrected chi connectivity index (χ1v) is 17.5. The van der Waals surface area contributed by atoms with E-state index >= 15 is 0 Å². The number of carbonyl (C=O) groups is 2. The summed E-state index contributed by atoms with van der Waals surface area (Å²) in [6, 6.07) is 23.3. The van der Waals surface area contributed by atoms with Crippen LogP contribution in [0.4, 0.5) is 0 Å². The normalized spacial score (nSPS) is 14.1. The molecule has 0 fully saturated rings. The standard InChI is InChI=1S/C39H35ClN2O8S/c1-5-47-32-19-25(16-18-31(32)50-22-34(43)46-4)36-35(38(45)48-6-2)23(3)41-39-42(36)37(44)33(51-39)20-28-27-13-9-7-11-24(27)15-17-30(28)49-21-26-12-8-10-14-29(26)40/h7-20,36H,5-6,21-22H2,1-4H3/b33-20+/t36-/m0/s1. The lowest BCUT2D eigenvalue weighted by Crippen LogP contribution is -2.40. The molecule has 0 saturated carbocycles. The number of halogens is 1. The summed E-state index contributed by atoms with van der Waals surface area (Å²) in [6.45, 7) is 5.59. The van der Waals surface area contributed by atoms with E-state index in [4.69, 9.17) is 40.3 Å². The summed E-state index contributed by atoms with van der Waals surface area (Å²) >= 11 is 7.63. The average Bonchev–Trinajstić information content (AvgIpc) is 3.44. The third-order valence-corrected chi connectivity index (χ3v) is 9.57. The molecule has 12 heteroatoms. The van der Waals surface area contributed by atoms with Crippen molar-refractivity contribution in [3.8, 4) is 17.2 Å². The van der Waals surface area contributed by atoms with Crippen molar-refractivity contribution in [1.82, 2.24) is 4.57 Å². The maximum atomic E-state index is 14.5. The fraction of sp³-hybridized carbons (Fsp3) is 0.231. The van der Waals surface area contributed by atoms with Crippen molar-refractivity contribution in [3.05, 3.63) is 132 Å². The number of allylic oxidation sites excluding steroid dienone is 1. The van der Waals surface area contributed by atoms with Crippen LogP contribution in [0.25, 0.3) is 16.8 Å². The van der Waals surface area contributed by atoms with Crippen LogP contribution in [0, 0.1) is 0 Å². The van der Waals surface area contributed by atoms with Crippen LogP contribution in [0.3, 0.4) is 0 Å². The lowest BCUT2D eigenvalue weighted by Gasteiger charge is -2.25. The van der Waals surface area contributed by atoms with Crippen LogP contribution in [0.5, 0.6) is 17.2 Å². The maximum Gasteiger partial charge on any atom is 0.343 e. The quantitative estimate of drug-likeness (QED) is 0.141. The lowest BCUT2D eigenvalue weighted by molar-refractivity contribution is -0.143. The highest BCUT2D eigenvalue weighted by molar-refractivity contribution is 7.07. The molecule has 0 saturated heterocycles. The molecule has 6 rings (SSSR count). The van der Waals surface area contributed by atoms with Crippen LogP contribution in [-0.2, 0) is 25.7 Å². The first-order valence-electron chi connectivity index (χ1n) is 16.3. The lowest BCUT2D eigenvalue weighted by atomic mass is 9.95. The summed E-state index contributed by atoms with van der Waals surface area (Å²) in [5, 5.41) is 2.46. The van der Waals surface area contributed by atoms with Gasteiger partial charge in [0.2, 0.25) is 0 Å². The van der Waals surface area contributed by atoms with Gasteiger partial charge in [-0.05, 0) is 67.4 Å². The molecule has 4 aromatic carbocycles. The van der Waals surface area contributed by atoms with Crippen molar-refractivity contribution in [3.63, 3.8) is 0 Å². The number of hydrogen-bond donors (Lipinski definition) is 0. The number of thiazole rings is 1. The topological polar surface area (TPSA) is 115 Å². The van der Waals surface area contributed by atoms with E-state index in [1.807, 2.05) is 73.7 Å². The summed E-state index contributed by atoms with van der Waals surface area (Å²) in [4.78, 5) is 45.0. The molecule has 51 heavy (non-hydrogen) atoms. The van der Waals surface area contributed by atoms with E-state index in [2.05, 4.69) is 0 Å². The zero-order valence-electron chi connectivity index (χ0n) is 28.4. The van der Waals surface area contributed by atoms with Gasteiger partial charge < -0.3 is 23.7 Å². The van der Waals surface area contributed by atoms with Crippen molar-refractivity contribution in [2.45, 2.75) is 33.4 Å². The number of fused-ring (bicyclic) bond motifs is 2. The Kier molecular flexibility index (Phi) is 10.9. The van der Waals surface area contributed by atoms with Crippen molar-refractivity contribution in [1.29, 1.82) is 0 Å². The number of ether oxygens (including phenoxy) is 5. The zero-order valence-corrected chi connectivity index (χ0v) is 30.0. The summed E-state index contributed by atoms with van der Waals surface area (Å²) in [5.41, 5.74) is 2.39. The Bertz CT molecular complexity index is 2350. The van der Waals surface area contributed by atoms with Crippen LogP contribution in [0.15, 0.2) is 99.9 Å². The number of methoxy groups -OCH3 is 1. The molecule has 2 heterocycles. The Morgan fingerprint density at radius 3 is 2.45 bits per heavy atom. The molecule has 0 amide bonds. The largest absolute Gasteiger partial charge is 0.490 e. The fourth-order valence-electron chi connectivity index (χ4n) is 5.84. The molecule has 10 nitrogen and oxygen atoms in total. The molecule has 1 aliphatic heterocycles. The summed E-state index contributed by atoms with van der Waals surface area (Å²) in [6.07, 6.45) is 1.81. The molecule has 1 aromatic heterocycles. The molecule has 0 bridgehead atoms. The molecule has 5 aromatic rings. The van der Waals surface area contributed by atoms with Gasteiger partial charge in [0.25, 0.3) is 5.56 Å². The van der Waals surface area contributed by atoms with Crippen molar-refractivity contribution >= 4 is 51.7 Å². The third-order valence-electron chi connectivity index (χ3n) is 8.22. The van der Waals surface area contributed by atoms with Gasteiger partial charge in [0, 0.05) is 16.1 Å². The second-order valence-electron chi connectivity index (χ2n) is 11.4. The van der Waals surface area contributed by atoms with Gasteiger partial charge in [0.05, 0.1) is 42.2 Å². The summed E-state index contributed by atoms with van der Waals surface area (Å²) in [7, 11) is 1.27. The van der Waals surface area contributed by atoms with Gasteiger partial charge >= 0.3 is 11.9 Å². The van der Waals surface area contributed by atoms with Gasteiger partial charge in [-0.3, -0.25) is 9.36 Å². The zero-order chi connectivity index (χ0) is 36.1. The van der Waals surface area contributed by atoms with Gasteiger partial charge in [0.1, 0.15) is 12.4 Å². The molecule has 0 radical (unpaired) electrons. The minimum Gasteiger partial charge on any atom is -0.490 e. The second kappa shape index (κ2) is 15.7. The van der Waals surface area contributed by atoms with Crippen LogP contribution < -0.4 is 29.1 Å². The molecular weight excluding hydrogens is 692 g/mol. The molecule has 1 aliphatic rings. The first-order chi connectivity index (χ1) is 24.7. The molecule has 0 N–H and O–H groups in total. The highest BCUT2D eigenvalue weighted by Crippen LogP contribution is 2.37. The third kappa shape index (κ3) is 7.40. The Balaban J connectivity index is 1.51. The number of aromatic nitrogens is 1. The monoisotopic (exact) mass is 726 g/mol. The van der Waals surface area contributed by atoms with Crippen LogP contribution in [-0.4, -0.2) is 43.4 Å². The molecule has 1 atom stereocenters. The molecule has 262 valence electrons. The van der Waals surface area contributed by atoms with E-state index in [9.17, 15) is 14.4 Å². The maximum absolute atomic E-state index is 14.5. The van der Waals surface area contributed by atoms with Crippen LogP contribution in [0.2, 0.25) is 5.02 Å². The highest BCUT2D eigenvalue weighted by Gasteiger charge is 2.34. The smallest absolute Gasteiger partial charge is 0.343 e. The number of hydrogen-bond acceptors (Lipinski definition) is 10. The van der Waals surface area contributed by atoms with E-state index in [1.54, 1.807) is 32.0 Å². The minimum atomic E-state index is -0.903. The van der Waals surface area contributed by atoms with E-state index in [-0.39, 0.29) is 31.0 Å². The molecule has 0 spiro atoms. The Hall–Kier alpha value is -5.39. The number of carbonyl (C=O) groups excluding carboxylic acids is 2. The highest BCUT2D eigenvalue weighted by atomic mass is 35.5. The van der Waals surface area contributed by atoms with Crippen molar-refractivity contribution in [2.24, 2.45) is 4.99 Å². The van der Waals surface area contributed by atoms with Gasteiger partial charge in [-0.2, -0.15) is 0 Å². The van der Waals surface area contributed by atoms with Gasteiger partial charge in [0.15, 0.2) is 22.9 Å². The predicted molar refractivity (Wildman–Crippen MR) is 195 cm³/mol. The molecular formula is C39H35ClN2O8S. The van der Waals surface area contributed by atoms with E-state index < -0.39 is 18.0 Å². The Morgan fingerprint density at radius 1 is 0.922 bits per heavy atom. The number of rotatable bonds is 12. The van der Waals surface area contributed by atoms with E-state index in [1.165, 1.54) is 23.0 Å². The van der Waals surface area contributed by atoms with E-state index in [0.29, 0.717) is 55.0 Å². The fourth-order valence-corrected chi connectivity index (χ4v) is 7.06. The number of nitrogens with zero attached hydrogens (tertiary/aromatic N) is 2. The summed E-state index contributed by atoms with van der Waals surface area (Å²) in [5.74, 6) is 0.0575. The van der Waals surface area contributed by atoms with Gasteiger partial charge in [-0.15, -0.1) is 0 Å². The predicted octanol–water partition coefficient (Wildman–Crippen LogP) is 6.13. The number of benzene rings is 4. The SMILES string of the molecule is CCOC(=O)C1=C(C)N=c2s/c(=C/c3c(OCc4ccccc4Cl)ccc4ccccc34)c(=O)n2[C@H]1c1ccc(OCC(=O)OC)c(OCC)c1. The number of esters is 2. The molecule has 0 aliphatic carbocycles.